The van der Waals surface area contributed by atoms with Gasteiger partial charge in [0.15, 0.2) is 0 Å². The van der Waals surface area contributed by atoms with Crippen LogP contribution in [0, 0.1) is 0 Å². The lowest BCUT2D eigenvalue weighted by Crippen LogP contribution is -2.10. The van der Waals surface area contributed by atoms with Crippen LogP contribution >= 0.6 is 0 Å². The van der Waals surface area contributed by atoms with Crippen LogP contribution in [-0.2, 0) is 0 Å². The van der Waals surface area contributed by atoms with Gasteiger partial charge >= 0.3 is 0 Å². The predicted octanol–water partition coefficient (Wildman–Crippen LogP) is 15.3. The summed E-state index contributed by atoms with van der Waals surface area (Å²) in [6.07, 6.45) is 0. The van der Waals surface area contributed by atoms with Crippen LogP contribution in [0.15, 0.2) is 224 Å². The fourth-order valence-corrected chi connectivity index (χ4v) is 8.11. The first-order valence-electron chi connectivity index (χ1n) is 18.9. The first-order chi connectivity index (χ1) is 27.3. The average molecular weight is 700 g/mol. The fraction of sp³-hybridized carbons (Fsp3) is 0. The van der Waals surface area contributed by atoms with Gasteiger partial charge in [-0.25, -0.2) is 0 Å². The standard InChI is InChI=1S/C54H37N/c1-3-14-39(15-4-1)52-34-33-48(37-53(52)40-16-5-2-6-17-40)55(47-32-29-43-25-24-41-18-9-10-21-50(41)54(43)36-47)46-30-27-42(28-31-46)49-20-11-12-22-51(49)45-26-23-38-13-7-8-19-44(38)35-45/h1-37H. The molecule has 0 fully saturated rings. The Kier molecular flexibility index (Phi) is 8.24. The second-order valence-corrected chi connectivity index (χ2v) is 14.1. The highest BCUT2D eigenvalue weighted by atomic mass is 15.1. The minimum absolute atomic E-state index is 1.10. The van der Waals surface area contributed by atoms with Crippen molar-refractivity contribution in [3.8, 4) is 44.5 Å². The van der Waals surface area contributed by atoms with Crippen molar-refractivity contribution in [2.75, 3.05) is 4.90 Å². The topological polar surface area (TPSA) is 3.24 Å². The Hall–Kier alpha value is -7.22. The molecule has 0 aliphatic heterocycles. The molecule has 0 aliphatic carbocycles. The lowest BCUT2D eigenvalue weighted by atomic mass is 9.92. The molecule has 0 saturated carbocycles. The molecule has 0 radical (unpaired) electrons. The summed E-state index contributed by atoms with van der Waals surface area (Å²) < 4.78 is 0. The zero-order valence-electron chi connectivity index (χ0n) is 30.3. The molecule has 10 rings (SSSR count). The highest BCUT2D eigenvalue weighted by Crippen LogP contribution is 2.43. The lowest BCUT2D eigenvalue weighted by molar-refractivity contribution is 1.29. The Balaban J connectivity index is 1.14. The van der Waals surface area contributed by atoms with E-state index in [9.17, 15) is 0 Å². The number of hydrogen-bond acceptors (Lipinski definition) is 1. The molecule has 1 nitrogen and oxygen atoms in total. The van der Waals surface area contributed by atoms with Gasteiger partial charge in [-0.2, -0.15) is 0 Å². The van der Waals surface area contributed by atoms with Crippen LogP contribution in [0.2, 0.25) is 0 Å². The van der Waals surface area contributed by atoms with Crippen LogP contribution in [-0.4, -0.2) is 0 Å². The highest BCUT2D eigenvalue weighted by Gasteiger charge is 2.18. The van der Waals surface area contributed by atoms with E-state index in [0.29, 0.717) is 0 Å². The largest absolute Gasteiger partial charge is 0.310 e. The van der Waals surface area contributed by atoms with Gasteiger partial charge in [0.2, 0.25) is 0 Å². The van der Waals surface area contributed by atoms with Crippen LogP contribution in [0.1, 0.15) is 0 Å². The Labute approximate surface area is 322 Å². The van der Waals surface area contributed by atoms with Gasteiger partial charge in [0, 0.05) is 17.1 Å². The molecule has 0 unspecified atom stereocenters. The Morgan fingerprint density at radius 2 is 0.673 bits per heavy atom. The maximum Gasteiger partial charge on any atom is 0.0468 e. The molecule has 0 atom stereocenters. The number of rotatable bonds is 7. The van der Waals surface area contributed by atoms with Crippen LogP contribution in [0.5, 0.6) is 0 Å². The van der Waals surface area contributed by atoms with Crippen molar-refractivity contribution in [2.24, 2.45) is 0 Å². The Morgan fingerprint density at radius 3 is 1.42 bits per heavy atom. The van der Waals surface area contributed by atoms with Gasteiger partial charge in [-0.3, -0.25) is 0 Å². The predicted molar refractivity (Wildman–Crippen MR) is 235 cm³/mol. The minimum atomic E-state index is 1.10. The molecule has 0 amide bonds. The third-order valence-electron chi connectivity index (χ3n) is 10.8. The molecule has 258 valence electrons. The molecule has 55 heavy (non-hydrogen) atoms. The molecule has 0 bridgehead atoms. The van der Waals surface area contributed by atoms with Gasteiger partial charge in [-0.05, 0) is 119 Å². The quantitative estimate of drug-likeness (QED) is 0.150. The first-order valence-corrected chi connectivity index (χ1v) is 18.9. The van der Waals surface area contributed by atoms with E-state index in [-0.39, 0.29) is 0 Å². The molecular weight excluding hydrogens is 663 g/mol. The minimum Gasteiger partial charge on any atom is -0.310 e. The molecule has 0 aromatic heterocycles. The van der Waals surface area contributed by atoms with E-state index >= 15 is 0 Å². The third kappa shape index (κ3) is 6.12. The molecule has 0 saturated heterocycles. The maximum absolute atomic E-state index is 2.40. The van der Waals surface area contributed by atoms with E-state index in [1.54, 1.807) is 0 Å². The summed E-state index contributed by atoms with van der Waals surface area (Å²) in [7, 11) is 0. The number of benzene rings is 10. The molecule has 0 N–H and O–H groups in total. The molecule has 10 aromatic rings. The second-order valence-electron chi connectivity index (χ2n) is 14.1. The zero-order valence-corrected chi connectivity index (χ0v) is 30.3. The van der Waals surface area contributed by atoms with Crippen molar-refractivity contribution in [3.05, 3.63) is 224 Å². The second kappa shape index (κ2) is 14.0. The average Bonchev–Trinajstić information content (AvgIpc) is 3.27. The van der Waals surface area contributed by atoms with Crippen molar-refractivity contribution >= 4 is 49.4 Å². The van der Waals surface area contributed by atoms with Gasteiger partial charge < -0.3 is 4.90 Å². The van der Waals surface area contributed by atoms with Gasteiger partial charge in [0.25, 0.3) is 0 Å². The van der Waals surface area contributed by atoms with Crippen LogP contribution < -0.4 is 4.90 Å². The normalized spacial score (nSPS) is 11.3. The molecule has 10 aromatic carbocycles. The first kappa shape index (κ1) is 32.4. The summed E-state index contributed by atoms with van der Waals surface area (Å²) >= 11 is 0. The van der Waals surface area contributed by atoms with Crippen molar-refractivity contribution < 1.29 is 0 Å². The number of nitrogens with zero attached hydrogens (tertiary/aromatic N) is 1. The van der Waals surface area contributed by atoms with E-state index in [2.05, 4.69) is 229 Å². The van der Waals surface area contributed by atoms with E-state index in [4.69, 9.17) is 0 Å². The molecular formula is C54H37N. The fourth-order valence-electron chi connectivity index (χ4n) is 8.11. The zero-order chi connectivity index (χ0) is 36.6. The lowest BCUT2D eigenvalue weighted by Gasteiger charge is -2.27. The van der Waals surface area contributed by atoms with Crippen molar-refractivity contribution in [1.82, 2.24) is 0 Å². The molecule has 0 heterocycles. The summed E-state index contributed by atoms with van der Waals surface area (Å²) in [4.78, 5) is 2.40. The van der Waals surface area contributed by atoms with Crippen molar-refractivity contribution in [2.45, 2.75) is 0 Å². The van der Waals surface area contributed by atoms with Gasteiger partial charge in [0.05, 0.1) is 0 Å². The van der Waals surface area contributed by atoms with E-state index in [0.717, 1.165) is 17.1 Å². The van der Waals surface area contributed by atoms with Crippen molar-refractivity contribution in [3.63, 3.8) is 0 Å². The number of hydrogen-bond donors (Lipinski definition) is 0. The maximum atomic E-state index is 2.40. The highest BCUT2D eigenvalue weighted by molar-refractivity contribution is 6.09. The molecule has 1 heteroatoms. The summed E-state index contributed by atoms with van der Waals surface area (Å²) in [5, 5.41) is 7.47. The molecule has 0 aliphatic rings. The summed E-state index contributed by atoms with van der Waals surface area (Å²) in [6, 6.07) is 81.5. The summed E-state index contributed by atoms with van der Waals surface area (Å²) in [5.41, 5.74) is 12.9. The molecule has 0 spiro atoms. The SMILES string of the molecule is c1ccc(-c2ccc(N(c3ccc(-c4ccccc4-c4ccc5ccccc5c4)cc3)c3ccc4ccc5ccccc5c4c3)cc2-c2ccccc2)cc1. The summed E-state index contributed by atoms with van der Waals surface area (Å²) in [5.74, 6) is 0. The van der Waals surface area contributed by atoms with Crippen LogP contribution in [0.3, 0.4) is 0 Å². The van der Waals surface area contributed by atoms with Crippen LogP contribution in [0.4, 0.5) is 17.1 Å². The van der Waals surface area contributed by atoms with Gasteiger partial charge in [0.1, 0.15) is 0 Å². The Morgan fingerprint density at radius 1 is 0.218 bits per heavy atom. The van der Waals surface area contributed by atoms with Crippen molar-refractivity contribution in [1.29, 1.82) is 0 Å². The van der Waals surface area contributed by atoms with Gasteiger partial charge in [-0.1, -0.05) is 182 Å². The number of fused-ring (bicyclic) bond motifs is 4. The van der Waals surface area contributed by atoms with E-state index in [1.807, 2.05) is 0 Å². The summed E-state index contributed by atoms with van der Waals surface area (Å²) in [6.45, 7) is 0. The Bertz CT molecular complexity index is 2960. The van der Waals surface area contributed by atoms with E-state index in [1.165, 1.54) is 76.8 Å². The number of anilines is 3. The smallest absolute Gasteiger partial charge is 0.0468 e. The van der Waals surface area contributed by atoms with Crippen LogP contribution in [0.25, 0.3) is 76.8 Å². The van der Waals surface area contributed by atoms with E-state index < -0.39 is 0 Å². The van der Waals surface area contributed by atoms with Gasteiger partial charge in [-0.15, -0.1) is 0 Å². The monoisotopic (exact) mass is 699 g/mol. The third-order valence-corrected chi connectivity index (χ3v) is 10.8.